The fourth-order valence-corrected chi connectivity index (χ4v) is 2.78. The number of nitrogens with zero attached hydrogens (tertiary/aromatic N) is 1. The second-order valence-electron chi connectivity index (χ2n) is 7.60. The largest absolute Gasteiger partial charge is 0.445 e. The first-order valence-corrected chi connectivity index (χ1v) is 9.34. The van der Waals surface area contributed by atoms with Gasteiger partial charge in [-0.2, -0.15) is 0 Å². The number of likely N-dealkylation sites (tertiary alicyclic amines) is 1. The number of amides is 2. The molecule has 0 bridgehead atoms. The smallest absolute Gasteiger partial charge is 0.410 e. The number of benzene rings is 1. The minimum Gasteiger partial charge on any atom is -0.445 e. The van der Waals surface area contributed by atoms with Gasteiger partial charge in [0.25, 0.3) is 0 Å². The molecule has 2 rings (SSSR count). The van der Waals surface area contributed by atoms with Gasteiger partial charge < -0.3 is 29.2 Å². The molecule has 0 spiro atoms. The molecule has 1 heterocycles. The number of hydrogen-bond acceptors (Lipinski definition) is 6. The van der Waals surface area contributed by atoms with Gasteiger partial charge in [0.2, 0.25) is 0 Å². The predicted molar refractivity (Wildman–Crippen MR) is 103 cm³/mol. The van der Waals surface area contributed by atoms with E-state index in [0.717, 1.165) is 5.56 Å². The topological polar surface area (TPSA) is 86.3 Å². The molecule has 0 saturated carbocycles. The first kappa shape index (κ1) is 22.0. The van der Waals surface area contributed by atoms with Gasteiger partial charge in [0.05, 0.1) is 31.9 Å². The summed E-state index contributed by atoms with van der Waals surface area (Å²) in [5.74, 6) is 0. The van der Waals surface area contributed by atoms with Crippen LogP contribution in [0.5, 0.6) is 0 Å². The third-order valence-corrected chi connectivity index (χ3v) is 4.05. The van der Waals surface area contributed by atoms with E-state index in [9.17, 15) is 9.59 Å². The molecule has 0 aliphatic carbocycles. The molecular weight excluding hydrogens is 364 g/mol. The van der Waals surface area contributed by atoms with Gasteiger partial charge in [-0.1, -0.05) is 30.3 Å². The predicted octanol–water partition coefficient (Wildman–Crippen LogP) is 2.56. The maximum absolute atomic E-state index is 12.4. The van der Waals surface area contributed by atoms with Gasteiger partial charge in [-0.15, -0.1) is 0 Å². The van der Waals surface area contributed by atoms with Crippen molar-refractivity contribution in [3.63, 3.8) is 0 Å². The molecule has 2 amide bonds. The number of rotatable bonds is 7. The van der Waals surface area contributed by atoms with E-state index in [2.05, 4.69) is 5.32 Å². The molecule has 1 N–H and O–H groups in total. The van der Waals surface area contributed by atoms with Crippen LogP contribution in [-0.2, 0) is 25.6 Å². The van der Waals surface area contributed by atoms with Gasteiger partial charge in [-0.05, 0) is 26.3 Å². The number of hydrogen-bond donors (Lipinski definition) is 1. The fraction of sp³-hybridized carbons (Fsp3) is 0.600. The van der Waals surface area contributed by atoms with Gasteiger partial charge in [-0.3, -0.25) is 0 Å². The Labute approximate surface area is 166 Å². The summed E-state index contributed by atoms with van der Waals surface area (Å²) >= 11 is 0. The summed E-state index contributed by atoms with van der Waals surface area (Å²) in [4.78, 5) is 26.1. The lowest BCUT2D eigenvalue weighted by molar-refractivity contribution is 0.00629. The summed E-state index contributed by atoms with van der Waals surface area (Å²) < 4.78 is 21.5. The third kappa shape index (κ3) is 7.36. The Balaban J connectivity index is 1.92. The molecule has 8 nitrogen and oxygen atoms in total. The average Bonchev–Trinajstić information content (AvgIpc) is 3.02. The third-order valence-electron chi connectivity index (χ3n) is 4.05. The molecule has 2 atom stereocenters. The maximum Gasteiger partial charge on any atom is 0.410 e. The van der Waals surface area contributed by atoms with Crippen LogP contribution in [-0.4, -0.2) is 68.2 Å². The van der Waals surface area contributed by atoms with Crippen molar-refractivity contribution in [1.82, 2.24) is 10.2 Å². The molecule has 1 saturated heterocycles. The SMILES string of the molecule is COCCO[C@@H]1CN(C(=O)OCc2ccccc2)C[C@H]1NC(=O)OC(C)(C)C. The summed E-state index contributed by atoms with van der Waals surface area (Å²) in [6, 6.07) is 9.07. The first-order chi connectivity index (χ1) is 13.3. The summed E-state index contributed by atoms with van der Waals surface area (Å²) in [7, 11) is 1.59. The molecule has 1 aromatic carbocycles. The molecule has 156 valence electrons. The second-order valence-corrected chi connectivity index (χ2v) is 7.60. The number of methoxy groups -OCH3 is 1. The van der Waals surface area contributed by atoms with Crippen LogP contribution in [0.3, 0.4) is 0 Å². The van der Waals surface area contributed by atoms with E-state index in [4.69, 9.17) is 18.9 Å². The number of nitrogens with one attached hydrogen (secondary N) is 1. The van der Waals surface area contributed by atoms with Crippen LogP contribution in [0.25, 0.3) is 0 Å². The monoisotopic (exact) mass is 394 g/mol. The lowest BCUT2D eigenvalue weighted by Crippen LogP contribution is -2.46. The van der Waals surface area contributed by atoms with Crippen LogP contribution in [0, 0.1) is 0 Å². The van der Waals surface area contributed by atoms with Gasteiger partial charge in [-0.25, -0.2) is 9.59 Å². The molecule has 0 unspecified atom stereocenters. The van der Waals surface area contributed by atoms with Crippen molar-refractivity contribution in [2.75, 3.05) is 33.4 Å². The standard InChI is InChI=1S/C20H30N2O6/c1-20(2,3)28-18(23)21-16-12-22(13-17(16)26-11-10-25-4)19(24)27-14-15-8-6-5-7-9-15/h5-9,16-17H,10-14H2,1-4H3,(H,21,23)/t16-,17-/m1/s1. The van der Waals surface area contributed by atoms with E-state index in [0.29, 0.717) is 19.8 Å². The zero-order valence-corrected chi connectivity index (χ0v) is 17.0. The number of carbonyl (C=O) groups excluding carboxylic acids is 2. The zero-order chi connectivity index (χ0) is 20.6. The zero-order valence-electron chi connectivity index (χ0n) is 17.0. The van der Waals surface area contributed by atoms with E-state index in [1.807, 2.05) is 30.3 Å². The molecule has 0 aromatic heterocycles. The highest BCUT2D eigenvalue weighted by molar-refractivity contribution is 5.70. The van der Waals surface area contributed by atoms with Crippen LogP contribution >= 0.6 is 0 Å². The van der Waals surface area contributed by atoms with E-state index in [1.165, 1.54) is 4.90 Å². The Morgan fingerprint density at radius 2 is 1.86 bits per heavy atom. The van der Waals surface area contributed by atoms with Crippen LogP contribution in [0.2, 0.25) is 0 Å². The van der Waals surface area contributed by atoms with E-state index in [-0.39, 0.29) is 19.3 Å². The van der Waals surface area contributed by atoms with Crippen LogP contribution in [0.15, 0.2) is 30.3 Å². The minimum absolute atomic E-state index is 0.190. The Morgan fingerprint density at radius 1 is 1.14 bits per heavy atom. The maximum atomic E-state index is 12.4. The number of ether oxygens (including phenoxy) is 4. The van der Waals surface area contributed by atoms with Crippen molar-refractivity contribution in [3.05, 3.63) is 35.9 Å². The van der Waals surface area contributed by atoms with Crippen molar-refractivity contribution >= 4 is 12.2 Å². The summed E-state index contributed by atoms with van der Waals surface area (Å²) in [5, 5.41) is 2.79. The van der Waals surface area contributed by atoms with Crippen molar-refractivity contribution in [3.8, 4) is 0 Å². The van der Waals surface area contributed by atoms with Crippen LogP contribution < -0.4 is 5.32 Å². The Morgan fingerprint density at radius 3 is 2.50 bits per heavy atom. The number of alkyl carbamates (subject to hydrolysis) is 1. The summed E-state index contributed by atoms with van der Waals surface area (Å²) in [6.45, 7) is 6.95. The highest BCUT2D eigenvalue weighted by atomic mass is 16.6. The van der Waals surface area contributed by atoms with Crippen molar-refractivity contribution in [2.24, 2.45) is 0 Å². The van der Waals surface area contributed by atoms with Gasteiger partial charge in [0, 0.05) is 13.7 Å². The minimum atomic E-state index is -0.608. The van der Waals surface area contributed by atoms with E-state index >= 15 is 0 Å². The Hall–Kier alpha value is -2.32. The number of carbonyl (C=O) groups is 2. The molecule has 0 radical (unpaired) electrons. The normalized spacial score (nSPS) is 19.4. The summed E-state index contributed by atoms with van der Waals surface area (Å²) in [5.41, 5.74) is 0.301. The fourth-order valence-electron chi connectivity index (χ4n) is 2.78. The van der Waals surface area contributed by atoms with E-state index < -0.39 is 23.8 Å². The van der Waals surface area contributed by atoms with Crippen LogP contribution in [0.4, 0.5) is 9.59 Å². The first-order valence-electron chi connectivity index (χ1n) is 9.34. The molecule has 28 heavy (non-hydrogen) atoms. The van der Waals surface area contributed by atoms with Gasteiger partial charge in [0.1, 0.15) is 12.2 Å². The molecule has 1 aromatic rings. The molecule has 1 fully saturated rings. The van der Waals surface area contributed by atoms with Crippen LogP contribution in [0.1, 0.15) is 26.3 Å². The van der Waals surface area contributed by atoms with Crippen molar-refractivity contribution in [2.45, 2.75) is 45.1 Å². The van der Waals surface area contributed by atoms with Crippen molar-refractivity contribution < 1.29 is 28.5 Å². The Bertz CT molecular complexity index is 631. The molecule has 1 aliphatic rings. The van der Waals surface area contributed by atoms with Gasteiger partial charge in [0.15, 0.2) is 0 Å². The average molecular weight is 394 g/mol. The van der Waals surface area contributed by atoms with Crippen molar-refractivity contribution in [1.29, 1.82) is 0 Å². The molecule has 1 aliphatic heterocycles. The quantitative estimate of drug-likeness (QED) is 0.716. The lowest BCUT2D eigenvalue weighted by Gasteiger charge is -2.24. The molecular formula is C20H30N2O6. The lowest BCUT2D eigenvalue weighted by atomic mass is 10.2. The Kier molecular flexibility index (Phi) is 8.07. The molecule has 8 heteroatoms. The van der Waals surface area contributed by atoms with Gasteiger partial charge >= 0.3 is 12.2 Å². The highest BCUT2D eigenvalue weighted by Crippen LogP contribution is 2.17. The highest BCUT2D eigenvalue weighted by Gasteiger charge is 2.38. The second kappa shape index (κ2) is 10.3. The summed E-state index contributed by atoms with van der Waals surface area (Å²) in [6.07, 6.45) is -1.36. The van der Waals surface area contributed by atoms with E-state index in [1.54, 1.807) is 27.9 Å².